The molecule has 0 saturated carbocycles. The summed E-state index contributed by atoms with van der Waals surface area (Å²) in [6.07, 6.45) is 0. The number of amides is 4. The van der Waals surface area contributed by atoms with Gasteiger partial charge in [-0.25, -0.2) is 23.4 Å². The van der Waals surface area contributed by atoms with Gasteiger partial charge in [0.25, 0.3) is 23.6 Å². The molecule has 0 atom stereocenters. The van der Waals surface area contributed by atoms with E-state index in [9.17, 15) is 19.2 Å². The fraction of sp³-hybridized carbons (Fsp3) is 0.152. The standard InChI is InChI=1S/C33H36N8O8/c34-38-29(42)21-1-9-25(10-2-21)46-17-33(18-47-26-11-3-22(4-12-26)30(43)39-35,19-48-27-13-5-23(6-14-27)31(44)40-36)20-49-28-15-7-24(8-16-28)32(45)41-37/h1-16H,17-20,34-37H2,(H,38,42)(H,39,43)(H,40,44)(H,41,45). The smallest absolute Gasteiger partial charge is 0.265 e. The van der Waals surface area contributed by atoms with Crippen LogP contribution in [0.4, 0.5) is 0 Å². The molecular weight excluding hydrogens is 636 g/mol. The van der Waals surface area contributed by atoms with Crippen molar-refractivity contribution in [2.45, 2.75) is 0 Å². The molecule has 0 aliphatic carbocycles. The van der Waals surface area contributed by atoms with Crippen LogP contribution in [0, 0.1) is 5.41 Å². The van der Waals surface area contributed by atoms with Gasteiger partial charge >= 0.3 is 0 Å². The van der Waals surface area contributed by atoms with E-state index in [-0.39, 0.29) is 26.4 Å². The predicted molar refractivity (Wildman–Crippen MR) is 177 cm³/mol. The third-order valence-corrected chi connectivity index (χ3v) is 7.17. The Bertz CT molecular complexity index is 1460. The molecule has 12 N–H and O–H groups in total. The monoisotopic (exact) mass is 672 g/mol. The third-order valence-electron chi connectivity index (χ3n) is 7.17. The molecule has 4 aromatic rings. The van der Waals surface area contributed by atoms with Crippen LogP contribution >= 0.6 is 0 Å². The van der Waals surface area contributed by atoms with Gasteiger partial charge in [-0.2, -0.15) is 0 Å². The molecule has 49 heavy (non-hydrogen) atoms. The molecule has 4 amide bonds. The lowest BCUT2D eigenvalue weighted by molar-refractivity contribution is -0.00351. The summed E-state index contributed by atoms with van der Waals surface area (Å²) in [6.45, 7) is -0.0380. The first-order valence-electron chi connectivity index (χ1n) is 14.6. The van der Waals surface area contributed by atoms with Crippen LogP contribution in [-0.4, -0.2) is 50.1 Å². The fourth-order valence-electron chi connectivity index (χ4n) is 4.34. The number of nitrogens with two attached hydrogens (primary N) is 4. The van der Waals surface area contributed by atoms with Crippen LogP contribution in [0.15, 0.2) is 97.1 Å². The van der Waals surface area contributed by atoms with Gasteiger partial charge in [0.15, 0.2) is 0 Å². The first-order valence-corrected chi connectivity index (χ1v) is 14.6. The Hall–Kier alpha value is -6.20. The highest BCUT2D eigenvalue weighted by Gasteiger charge is 2.36. The van der Waals surface area contributed by atoms with Crippen molar-refractivity contribution in [3.8, 4) is 23.0 Å². The van der Waals surface area contributed by atoms with E-state index in [1.54, 1.807) is 97.1 Å². The summed E-state index contributed by atoms with van der Waals surface area (Å²) in [7, 11) is 0. The number of benzene rings is 4. The molecule has 0 heterocycles. The van der Waals surface area contributed by atoms with E-state index in [0.29, 0.717) is 45.3 Å². The van der Waals surface area contributed by atoms with E-state index < -0.39 is 29.0 Å². The molecule has 0 fully saturated rings. The quantitative estimate of drug-likeness (QED) is 0.0465. The summed E-state index contributed by atoms with van der Waals surface area (Å²) >= 11 is 0. The maximum atomic E-state index is 11.9. The first kappa shape index (κ1) is 35.7. The van der Waals surface area contributed by atoms with Gasteiger partial charge in [0, 0.05) is 22.3 Å². The van der Waals surface area contributed by atoms with Gasteiger partial charge in [-0.1, -0.05) is 0 Å². The number of hydrogen-bond donors (Lipinski definition) is 8. The number of carbonyl (C=O) groups is 4. The van der Waals surface area contributed by atoms with Crippen molar-refractivity contribution < 1.29 is 38.1 Å². The zero-order valence-electron chi connectivity index (χ0n) is 26.1. The number of rotatable bonds is 16. The lowest BCUT2D eigenvalue weighted by Crippen LogP contribution is -2.45. The number of carbonyl (C=O) groups excluding carboxylic acids is 4. The van der Waals surface area contributed by atoms with Gasteiger partial charge in [0.2, 0.25) is 0 Å². The summed E-state index contributed by atoms with van der Waals surface area (Å²) in [5.74, 6) is 20.9. The van der Waals surface area contributed by atoms with E-state index >= 15 is 0 Å². The molecular formula is C33H36N8O8. The number of hydrazine groups is 4. The Morgan fingerprint density at radius 1 is 0.388 bits per heavy atom. The molecule has 0 bridgehead atoms. The molecule has 256 valence electrons. The van der Waals surface area contributed by atoms with Gasteiger partial charge in [0.1, 0.15) is 54.8 Å². The summed E-state index contributed by atoms with van der Waals surface area (Å²) in [5.41, 5.74) is 8.62. The van der Waals surface area contributed by atoms with E-state index in [2.05, 4.69) is 21.7 Å². The van der Waals surface area contributed by atoms with Crippen LogP contribution < -0.4 is 64.0 Å². The van der Waals surface area contributed by atoms with Crippen molar-refractivity contribution in [2.24, 2.45) is 28.8 Å². The van der Waals surface area contributed by atoms with Crippen molar-refractivity contribution in [1.82, 2.24) is 21.7 Å². The van der Waals surface area contributed by atoms with Crippen LogP contribution in [0.5, 0.6) is 23.0 Å². The summed E-state index contributed by atoms with van der Waals surface area (Å²) in [4.78, 5) is 47.7. The minimum absolute atomic E-state index is 0.00950. The lowest BCUT2D eigenvalue weighted by Gasteiger charge is -2.33. The molecule has 4 aromatic carbocycles. The zero-order chi connectivity index (χ0) is 35.2. The fourth-order valence-corrected chi connectivity index (χ4v) is 4.34. The van der Waals surface area contributed by atoms with Crippen molar-refractivity contribution >= 4 is 23.6 Å². The van der Waals surface area contributed by atoms with Gasteiger partial charge in [-0.15, -0.1) is 0 Å². The van der Waals surface area contributed by atoms with Crippen molar-refractivity contribution in [3.63, 3.8) is 0 Å². The molecule has 0 radical (unpaired) electrons. The van der Waals surface area contributed by atoms with Crippen LogP contribution in [0.2, 0.25) is 0 Å². The molecule has 0 aliphatic rings. The van der Waals surface area contributed by atoms with Gasteiger partial charge < -0.3 is 18.9 Å². The van der Waals surface area contributed by atoms with Crippen LogP contribution in [0.25, 0.3) is 0 Å². The third kappa shape index (κ3) is 9.90. The molecule has 16 nitrogen and oxygen atoms in total. The number of nitrogens with one attached hydrogen (secondary N) is 4. The minimum atomic E-state index is -1.03. The Morgan fingerprint density at radius 3 is 0.735 bits per heavy atom. The summed E-state index contributed by atoms with van der Waals surface area (Å²) < 4.78 is 24.8. The predicted octanol–water partition coefficient (Wildman–Crippen LogP) is 0.703. The second-order valence-electron chi connectivity index (χ2n) is 10.6. The molecule has 16 heteroatoms. The maximum Gasteiger partial charge on any atom is 0.265 e. The molecule has 0 unspecified atom stereocenters. The van der Waals surface area contributed by atoms with Gasteiger partial charge in [0.05, 0.1) is 0 Å². The highest BCUT2D eigenvalue weighted by molar-refractivity contribution is 5.95. The minimum Gasteiger partial charge on any atom is -0.493 e. The van der Waals surface area contributed by atoms with Crippen LogP contribution in [0.1, 0.15) is 41.4 Å². The molecule has 0 aromatic heterocycles. The maximum absolute atomic E-state index is 11.9. The molecule has 4 rings (SSSR count). The summed E-state index contributed by atoms with van der Waals surface area (Å²) in [6, 6.07) is 25.3. The van der Waals surface area contributed by atoms with Crippen LogP contribution in [-0.2, 0) is 0 Å². The van der Waals surface area contributed by atoms with Crippen LogP contribution in [0.3, 0.4) is 0 Å². The molecule has 0 saturated heterocycles. The lowest BCUT2D eigenvalue weighted by atomic mass is 9.92. The van der Waals surface area contributed by atoms with E-state index in [1.807, 2.05) is 0 Å². The molecule has 0 aliphatic heterocycles. The SMILES string of the molecule is NNC(=O)c1ccc(OCC(COc2ccc(C(=O)NN)cc2)(COc2ccc(C(=O)NN)cc2)COc2ccc(C(=O)NN)cc2)cc1. The van der Waals surface area contributed by atoms with Crippen molar-refractivity contribution in [2.75, 3.05) is 26.4 Å². The second-order valence-corrected chi connectivity index (χ2v) is 10.6. The van der Waals surface area contributed by atoms with E-state index in [0.717, 1.165) is 0 Å². The Kier molecular flexibility index (Phi) is 12.4. The number of ether oxygens (including phenoxy) is 4. The Labute approximate surface area is 280 Å². The highest BCUT2D eigenvalue weighted by atomic mass is 16.5. The number of hydrogen-bond acceptors (Lipinski definition) is 12. The van der Waals surface area contributed by atoms with Gasteiger partial charge in [-0.3, -0.25) is 40.9 Å². The van der Waals surface area contributed by atoms with E-state index in [1.165, 1.54) is 0 Å². The average molecular weight is 673 g/mol. The topological polar surface area (TPSA) is 257 Å². The van der Waals surface area contributed by atoms with E-state index in [4.69, 9.17) is 42.3 Å². The zero-order valence-corrected chi connectivity index (χ0v) is 26.1. The Morgan fingerprint density at radius 2 is 0.571 bits per heavy atom. The number of nitrogen functional groups attached to an aromatic ring is 4. The normalized spacial score (nSPS) is 10.7. The summed E-state index contributed by atoms with van der Waals surface area (Å²) in [5, 5.41) is 0. The second kappa shape index (κ2) is 17.1. The largest absolute Gasteiger partial charge is 0.493 e. The highest BCUT2D eigenvalue weighted by Crippen LogP contribution is 2.27. The van der Waals surface area contributed by atoms with Crippen molar-refractivity contribution in [3.05, 3.63) is 119 Å². The first-order chi connectivity index (χ1) is 23.7. The van der Waals surface area contributed by atoms with Crippen molar-refractivity contribution in [1.29, 1.82) is 0 Å². The molecule has 0 spiro atoms. The average Bonchev–Trinajstić information content (AvgIpc) is 3.16. The Balaban J connectivity index is 1.63. The van der Waals surface area contributed by atoms with Gasteiger partial charge in [-0.05, 0) is 97.1 Å².